The fraction of sp³-hybridized carbons (Fsp3) is 0.429. The van der Waals surface area contributed by atoms with E-state index in [9.17, 15) is 19.7 Å². The Morgan fingerprint density at radius 2 is 2.00 bits per heavy atom. The second-order valence-electron chi connectivity index (χ2n) is 5.58. The summed E-state index contributed by atoms with van der Waals surface area (Å²) in [6, 6.07) is 6.60. The van der Waals surface area contributed by atoms with E-state index in [1.807, 2.05) is 0 Å². The molecule has 104 valence electrons. The largest absolute Gasteiger partial charge is 0.274 e. The number of nitro groups is 1. The highest BCUT2D eigenvalue weighted by atomic mass is 16.6. The molecule has 1 aliphatic heterocycles. The number of carbonyl (C=O) groups excluding carboxylic acids is 2. The van der Waals surface area contributed by atoms with E-state index in [-0.39, 0.29) is 11.9 Å². The summed E-state index contributed by atoms with van der Waals surface area (Å²) in [5.74, 6) is -0.769. The number of imide groups is 1. The second kappa shape index (κ2) is 4.13. The molecule has 3 rings (SSSR count). The van der Waals surface area contributed by atoms with E-state index in [0.29, 0.717) is 11.1 Å². The van der Waals surface area contributed by atoms with Gasteiger partial charge in [-0.1, -0.05) is 18.2 Å². The fourth-order valence-corrected chi connectivity index (χ4v) is 2.83. The number of hydrogen-bond acceptors (Lipinski definition) is 4. The highest BCUT2D eigenvalue weighted by Crippen LogP contribution is 2.40. The number of hydrogen-bond donors (Lipinski definition) is 0. The minimum absolute atomic E-state index is 0.0885. The van der Waals surface area contributed by atoms with Crippen LogP contribution in [0.4, 0.5) is 0 Å². The van der Waals surface area contributed by atoms with E-state index in [4.69, 9.17) is 0 Å². The fourth-order valence-electron chi connectivity index (χ4n) is 2.83. The van der Waals surface area contributed by atoms with Crippen molar-refractivity contribution in [1.82, 2.24) is 4.90 Å². The summed E-state index contributed by atoms with van der Waals surface area (Å²) in [6.45, 7) is 1.05. The van der Waals surface area contributed by atoms with E-state index < -0.39 is 22.8 Å². The molecule has 1 fully saturated rings. The average Bonchev–Trinajstić information content (AvgIpc) is 3.21. The summed E-state index contributed by atoms with van der Waals surface area (Å²) < 4.78 is 0. The Morgan fingerprint density at radius 3 is 2.60 bits per heavy atom. The van der Waals surface area contributed by atoms with E-state index in [2.05, 4.69) is 0 Å². The van der Waals surface area contributed by atoms with Gasteiger partial charge in [-0.15, -0.1) is 0 Å². The summed E-state index contributed by atoms with van der Waals surface area (Å²) in [7, 11) is 0. The molecule has 0 aromatic heterocycles. The monoisotopic (exact) mass is 274 g/mol. The van der Waals surface area contributed by atoms with Crippen molar-refractivity contribution in [2.45, 2.75) is 31.2 Å². The summed E-state index contributed by atoms with van der Waals surface area (Å²) >= 11 is 0. The van der Waals surface area contributed by atoms with Crippen molar-refractivity contribution in [2.75, 3.05) is 6.54 Å². The molecular formula is C14H14N2O4. The Bertz CT molecular complexity index is 623. The normalized spacial score (nSPS) is 25.6. The lowest BCUT2D eigenvalue weighted by Gasteiger charge is -2.37. The lowest BCUT2D eigenvalue weighted by Crippen LogP contribution is -2.56. The smallest absolute Gasteiger partial charge is 0.261 e. The third kappa shape index (κ3) is 1.71. The van der Waals surface area contributed by atoms with Crippen molar-refractivity contribution in [3.8, 4) is 0 Å². The SMILES string of the molecule is CC1(C[N+](=O)[O-])C(=O)N(C2CC2)C(=O)c2ccccc21. The maximum Gasteiger partial charge on any atom is 0.261 e. The van der Waals surface area contributed by atoms with Crippen LogP contribution >= 0.6 is 0 Å². The molecule has 1 aliphatic carbocycles. The third-order valence-electron chi connectivity index (χ3n) is 4.02. The van der Waals surface area contributed by atoms with Crippen molar-refractivity contribution >= 4 is 11.8 Å². The zero-order valence-electron chi connectivity index (χ0n) is 11.0. The first-order valence-corrected chi connectivity index (χ1v) is 6.54. The van der Waals surface area contributed by atoms with Gasteiger partial charge in [0.15, 0.2) is 0 Å². The van der Waals surface area contributed by atoms with Crippen molar-refractivity contribution in [3.05, 3.63) is 45.5 Å². The standard InChI is InChI=1S/C14H14N2O4/c1-14(8-15(19)20)11-5-3-2-4-10(11)12(17)16(13(14)18)9-6-7-9/h2-5,9H,6-8H2,1H3. The molecule has 6 heteroatoms. The maximum atomic E-state index is 12.6. The third-order valence-corrected chi connectivity index (χ3v) is 4.02. The topological polar surface area (TPSA) is 80.5 Å². The van der Waals surface area contributed by atoms with Gasteiger partial charge >= 0.3 is 0 Å². The first-order chi connectivity index (χ1) is 9.45. The molecule has 1 unspecified atom stereocenters. The molecule has 1 aromatic carbocycles. The minimum atomic E-state index is -1.27. The van der Waals surface area contributed by atoms with E-state index in [1.54, 1.807) is 31.2 Å². The number of carbonyl (C=O) groups is 2. The van der Waals surface area contributed by atoms with Crippen molar-refractivity contribution in [2.24, 2.45) is 0 Å². The number of amides is 2. The van der Waals surface area contributed by atoms with Crippen LogP contribution in [0.1, 0.15) is 35.7 Å². The van der Waals surface area contributed by atoms with Crippen LogP contribution in [0.25, 0.3) is 0 Å². The molecule has 1 atom stereocenters. The van der Waals surface area contributed by atoms with Gasteiger partial charge in [0, 0.05) is 16.5 Å². The van der Waals surface area contributed by atoms with Crippen LogP contribution in [0.3, 0.4) is 0 Å². The first kappa shape index (κ1) is 12.8. The molecule has 0 bridgehead atoms. The average molecular weight is 274 g/mol. The van der Waals surface area contributed by atoms with Gasteiger partial charge in [0.2, 0.25) is 12.5 Å². The molecule has 6 nitrogen and oxygen atoms in total. The predicted molar refractivity (Wildman–Crippen MR) is 69.9 cm³/mol. The lowest BCUT2D eigenvalue weighted by molar-refractivity contribution is -0.487. The van der Waals surface area contributed by atoms with E-state index >= 15 is 0 Å². The summed E-state index contributed by atoms with van der Waals surface area (Å²) in [5.41, 5.74) is -0.400. The van der Waals surface area contributed by atoms with E-state index in [1.165, 1.54) is 4.90 Å². The number of fused-ring (bicyclic) bond motifs is 1. The Morgan fingerprint density at radius 1 is 1.35 bits per heavy atom. The highest BCUT2D eigenvalue weighted by molar-refractivity contribution is 6.13. The zero-order chi connectivity index (χ0) is 14.5. The van der Waals surface area contributed by atoms with Crippen LogP contribution in [-0.2, 0) is 10.2 Å². The van der Waals surface area contributed by atoms with Gasteiger partial charge in [-0.05, 0) is 31.4 Å². The van der Waals surface area contributed by atoms with E-state index in [0.717, 1.165) is 12.8 Å². The Hall–Kier alpha value is -2.24. The second-order valence-corrected chi connectivity index (χ2v) is 5.58. The molecule has 1 saturated carbocycles. The van der Waals surface area contributed by atoms with Gasteiger partial charge in [-0.3, -0.25) is 24.6 Å². The number of benzene rings is 1. The van der Waals surface area contributed by atoms with Gasteiger partial charge in [-0.2, -0.15) is 0 Å². The molecule has 0 N–H and O–H groups in total. The zero-order valence-corrected chi connectivity index (χ0v) is 11.0. The van der Waals surface area contributed by atoms with Crippen molar-refractivity contribution < 1.29 is 14.5 Å². The van der Waals surface area contributed by atoms with Crippen LogP contribution < -0.4 is 0 Å². The van der Waals surface area contributed by atoms with Crippen LogP contribution in [-0.4, -0.2) is 34.2 Å². The summed E-state index contributed by atoms with van der Waals surface area (Å²) in [6.07, 6.45) is 1.57. The summed E-state index contributed by atoms with van der Waals surface area (Å²) in [5, 5.41) is 11.0. The van der Waals surface area contributed by atoms with Gasteiger partial charge in [-0.25, -0.2) is 0 Å². The predicted octanol–water partition coefficient (Wildman–Crippen LogP) is 1.37. The molecule has 0 saturated heterocycles. The van der Waals surface area contributed by atoms with Gasteiger partial charge in [0.25, 0.3) is 5.91 Å². The summed E-state index contributed by atoms with van der Waals surface area (Å²) in [4.78, 5) is 36.7. The quantitative estimate of drug-likeness (QED) is 0.473. The minimum Gasteiger partial charge on any atom is -0.274 e. The molecule has 20 heavy (non-hydrogen) atoms. The Kier molecular flexibility index (Phi) is 2.64. The molecule has 0 radical (unpaired) electrons. The van der Waals surface area contributed by atoms with Gasteiger partial charge < -0.3 is 0 Å². The lowest BCUT2D eigenvalue weighted by atomic mass is 9.75. The van der Waals surface area contributed by atoms with Crippen molar-refractivity contribution in [1.29, 1.82) is 0 Å². The van der Waals surface area contributed by atoms with Gasteiger partial charge in [0.05, 0.1) is 0 Å². The molecule has 2 aliphatic rings. The number of rotatable bonds is 3. The first-order valence-electron chi connectivity index (χ1n) is 6.54. The highest BCUT2D eigenvalue weighted by Gasteiger charge is 2.54. The maximum absolute atomic E-state index is 12.6. The Labute approximate surface area is 115 Å². The van der Waals surface area contributed by atoms with Crippen LogP contribution in [0.2, 0.25) is 0 Å². The molecule has 1 heterocycles. The molecule has 1 aromatic rings. The molecular weight excluding hydrogens is 260 g/mol. The number of nitrogens with zero attached hydrogens (tertiary/aromatic N) is 2. The Balaban J connectivity index is 2.17. The van der Waals surface area contributed by atoms with Crippen LogP contribution in [0.5, 0.6) is 0 Å². The van der Waals surface area contributed by atoms with Crippen LogP contribution in [0.15, 0.2) is 24.3 Å². The molecule has 0 spiro atoms. The van der Waals surface area contributed by atoms with Gasteiger partial charge in [0.1, 0.15) is 5.41 Å². The van der Waals surface area contributed by atoms with Crippen molar-refractivity contribution in [3.63, 3.8) is 0 Å². The molecule has 2 amide bonds. The van der Waals surface area contributed by atoms with Crippen LogP contribution in [0, 0.1) is 10.1 Å².